The van der Waals surface area contributed by atoms with Gasteiger partial charge in [0.15, 0.2) is 0 Å². The molecular weight excluding hydrogens is 494 g/mol. The van der Waals surface area contributed by atoms with Gasteiger partial charge >= 0.3 is 0 Å². The Bertz CT molecular complexity index is 1120. The van der Waals surface area contributed by atoms with Crippen LogP contribution in [-0.2, 0) is 4.79 Å². The summed E-state index contributed by atoms with van der Waals surface area (Å²) in [4.78, 5) is 15.1. The molecule has 0 unspecified atom stereocenters. The third kappa shape index (κ3) is 4.07. The monoisotopic (exact) mass is 509 g/mol. The largest absolute Gasteiger partial charge is 0.496 e. The number of nitrogens with zero attached hydrogens (tertiary/aromatic N) is 1. The van der Waals surface area contributed by atoms with Gasteiger partial charge < -0.3 is 4.74 Å². The Morgan fingerprint density at radius 2 is 1.66 bits per heavy atom. The van der Waals surface area contributed by atoms with Gasteiger partial charge in [-0.15, -0.1) is 0 Å². The molecule has 1 aliphatic rings. The van der Waals surface area contributed by atoms with Crippen LogP contribution in [0.2, 0.25) is 0 Å². The first-order chi connectivity index (χ1) is 14.1. The molecule has 0 spiro atoms. The predicted octanol–water partition coefficient (Wildman–Crippen LogP) is 6.69. The average Bonchev–Trinajstić information content (AvgIpc) is 3.06. The van der Waals surface area contributed by atoms with Crippen molar-refractivity contribution in [3.05, 3.63) is 105 Å². The summed E-state index contributed by atoms with van der Waals surface area (Å²) in [6, 6.07) is 23.4. The summed E-state index contributed by atoms with van der Waals surface area (Å²) in [7, 11) is 1.63. The average molecular weight is 511 g/mol. The molecule has 4 rings (SSSR count). The predicted molar refractivity (Wildman–Crippen MR) is 125 cm³/mol. The first kappa shape index (κ1) is 19.7. The van der Waals surface area contributed by atoms with Crippen LogP contribution < -0.4 is 9.64 Å². The van der Waals surface area contributed by atoms with Gasteiger partial charge in [-0.25, -0.2) is 0 Å². The Morgan fingerprint density at radius 1 is 0.931 bits per heavy atom. The van der Waals surface area contributed by atoms with Crippen LogP contribution in [-0.4, -0.2) is 13.0 Å². The van der Waals surface area contributed by atoms with E-state index in [-0.39, 0.29) is 5.91 Å². The minimum atomic E-state index is -0.0573. The summed E-state index contributed by atoms with van der Waals surface area (Å²) >= 11 is 6.97. The van der Waals surface area contributed by atoms with Gasteiger partial charge in [-0.05, 0) is 75.6 Å². The Labute approximate surface area is 186 Å². The zero-order valence-corrected chi connectivity index (χ0v) is 18.8. The maximum absolute atomic E-state index is 13.3. The van der Waals surface area contributed by atoms with Gasteiger partial charge in [-0.1, -0.05) is 52.3 Å². The van der Waals surface area contributed by atoms with Crippen LogP contribution in [0.15, 0.2) is 93.4 Å². The van der Waals surface area contributed by atoms with Crippen LogP contribution in [0.25, 0.3) is 11.8 Å². The Morgan fingerprint density at radius 3 is 2.31 bits per heavy atom. The highest BCUT2D eigenvalue weighted by Crippen LogP contribution is 2.36. The third-order valence-corrected chi connectivity index (χ3v) is 5.78. The minimum absolute atomic E-state index is 0.0573. The minimum Gasteiger partial charge on any atom is -0.496 e. The van der Waals surface area contributed by atoms with Gasteiger partial charge in [0.2, 0.25) is 0 Å². The van der Waals surface area contributed by atoms with E-state index in [1.807, 2.05) is 84.9 Å². The lowest BCUT2D eigenvalue weighted by molar-refractivity contribution is -0.113. The van der Waals surface area contributed by atoms with Crippen LogP contribution in [0.4, 0.5) is 5.69 Å². The molecule has 0 N–H and O–H groups in total. The van der Waals surface area contributed by atoms with Crippen molar-refractivity contribution in [1.82, 2.24) is 0 Å². The van der Waals surface area contributed by atoms with Crippen LogP contribution in [0.3, 0.4) is 0 Å². The number of hydrogen-bond acceptors (Lipinski definition) is 2. The first-order valence-corrected chi connectivity index (χ1v) is 10.6. The molecule has 0 bridgehead atoms. The highest BCUT2D eigenvalue weighted by molar-refractivity contribution is 9.10. The Kier molecular flexibility index (Phi) is 5.69. The fraction of sp³-hybridized carbons (Fsp3) is 0.0417. The van der Waals surface area contributed by atoms with Crippen molar-refractivity contribution in [2.75, 3.05) is 12.0 Å². The lowest BCUT2D eigenvalue weighted by Gasteiger charge is -2.21. The summed E-state index contributed by atoms with van der Waals surface area (Å²) in [5, 5.41) is 0. The summed E-state index contributed by atoms with van der Waals surface area (Å²) < 4.78 is 7.11. The molecule has 3 nitrogen and oxygen atoms in total. The molecule has 3 aromatic carbocycles. The van der Waals surface area contributed by atoms with Crippen LogP contribution >= 0.6 is 31.9 Å². The van der Waals surface area contributed by atoms with Crippen molar-refractivity contribution in [2.45, 2.75) is 0 Å². The van der Waals surface area contributed by atoms with Crippen molar-refractivity contribution in [3.63, 3.8) is 0 Å². The molecule has 1 amide bonds. The van der Waals surface area contributed by atoms with Gasteiger partial charge in [-0.3, -0.25) is 9.69 Å². The molecule has 0 aliphatic carbocycles. The number of carbonyl (C=O) groups excluding carboxylic acids is 1. The zero-order valence-electron chi connectivity index (χ0n) is 15.6. The topological polar surface area (TPSA) is 29.5 Å². The molecule has 5 heteroatoms. The summed E-state index contributed by atoms with van der Waals surface area (Å²) in [6.45, 7) is 0. The van der Waals surface area contributed by atoms with Gasteiger partial charge in [0.05, 0.1) is 17.3 Å². The molecule has 29 heavy (non-hydrogen) atoms. The van der Waals surface area contributed by atoms with Crippen LogP contribution in [0, 0.1) is 0 Å². The Hall–Kier alpha value is -2.63. The summed E-state index contributed by atoms with van der Waals surface area (Å²) in [6.07, 6.45) is 3.84. The van der Waals surface area contributed by atoms with Crippen molar-refractivity contribution in [3.8, 4) is 5.75 Å². The summed E-state index contributed by atoms with van der Waals surface area (Å²) in [5.41, 5.74) is 4.22. The molecule has 1 heterocycles. The molecule has 1 aliphatic heterocycles. The van der Waals surface area contributed by atoms with Gasteiger partial charge in [0, 0.05) is 15.7 Å². The molecule has 144 valence electrons. The number of anilines is 1. The van der Waals surface area contributed by atoms with E-state index in [1.54, 1.807) is 12.0 Å². The molecule has 0 saturated heterocycles. The van der Waals surface area contributed by atoms with Crippen molar-refractivity contribution in [1.29, 1.82) is 0 Å². The second-order valence-corrected chi connectivity index (χ2v) is 8.28. The van der Waals surface area contributed by atoms with E-state index < -0.39 is 0 Å². The van der Waals surface area contributed by atoms with Crippen molar-refractivity contribution >= 4 is 55.2 Å². The highest BCUT2D eigenvalue weighted by atomic mass is 79.9. The fourth-order valence-corrected chi connectivity index (χ4v) is 4.06. The molecule has 0 atom stereocenters. The number of carbonyl (C=O) groups is 1. The lowest BCUT2D eigenvalue weighted by Crippen LogP contribution is -2.24. The number of methoxy groups -OCH3 is 1. The number of hydrogen-bond donors (Lipinski definition) is 0. The first-order valence-electron chi connectivity index (χ1n) is 8.99. The molecular formula is C24H17Br2NO2. The maximum Gasteiger partial charge on any atom is 0.262 e. The molecule has 0 saturated carbocycles. The third-order valence-electron chi connectivity index (χ3n) is 4.64. The quantitative estimate of drug-likeness (QED) is 0.366. The second kappa shape index (κ2) is 8.39. The second-order valence-electron chi connectivity index (χ2n) is 6.51. The fourth-order valence-electron chi connectivity index (χ4n) is 3.24. The molecule has 0 radical (unpaired) electrons. The van der Waals surface area contributed by atoms with Crippen molar-refractivity contribution < 1.29 is 9.53 Å². The Balaban J connectivity index is 1.79. The van der Waals surface area contributed by atoms with Gasteiger partial charge in [0.1, 0.15) is 5.75 Å². The number of halogens is 2. The van der Waals surface area contributed by atoms with E-state index >= 15 is 0 Å². The van der Waals surface area contributed by atoms with E-state index in [2.05, 4.69) is 31.9 Å². The van der Waals surface area contributed by atoms with E-state index in [1.165, 1.54) is 0 Å². The maximum atomic E-state index is 13.3. The van der Waals surface area contributed by atoms with Crippen LogP contribution in [0.5, 0.6) is 5.75 Å². The standard InChI is InChI=1S/C24H17Br2NO2/c1-29-23-12-7-16(14-21(23)26)13-18-15-22(17-5-3-2-4-6-17)27(24(18)28)20-10-8-19(25)9-11-20/h2-15H,1H3. The van der Waals surface area contributed by atoms with E-state index in [4.69, 9.17) is 4.74 Å². The zero-order chi connectivity index (χ0) is 20.4. The number of amides is 1. The van der Waals surface area contributed by atoms with E-state index in [0.29, 0.717) is 5.57 Å². The van der Waals surface area contributed by atoms with E-state index in [9.17, 15) is 4.79 Å². The molecule has 0 aromatic heterocycles. The molecule has 3 aromatic rings. The molecule has 0 fully saturated rings. The van der Waals surface area contributed by atoms with E-state index in [0.717, 1.165) is 37.2 Å². The number of rotatable bonds is 4. The highest BCUT2D eigenvalue weighted by Gasteiger charge is 2.30. The SMILES string of the molecule is COc1ccc(C=C2C=C(c3ccccc3)N(c3ccc(Br)cc3)C2=O)cc1Br. The summed E-state index contributed by atoms with van der Waals surface area (Å²) in [5.74, 6) is 0.694. The normalized spacial score (nSPS) is 15.0. The lowest BCUT2D eigenvalue weighted by atomic mass is 10.1. The number of benzene rings is 3. The van der Waals surface area contributed by atoms with Crippen molar-refractivity contribution in [2.24, 2.45) is 0 Å². The van der Waals surface area contributed by atoms with Gasteiger partial charge in [-0.2, -0.15) is 0 Å². The smallest absolute Gasteiger partial charge is 0.262 e. The number of ether oxygens (including phenoxy) is 1. The van der Waals surface area contributed by atoms with Gasteiger partial charge in [0.25, 0.3) is 5.91 Å². The van der Waals surface area contributed by atoms with Crippen LogP contribution in [0.1, 0.15) is 11.1 Å².